The van der Waals surface area contributed by atoms with Crippen molar-refractivity contribution in [1.82, 2.24) is 10.6 Å². The minimum Gasteiger partial charge on any atom is -0.444 e. The van der Waals surface area contributed by atoms with Crippen LogP contribution >= 0.6 is 11.6 Å². The predicted molar refractivity (Wildman–Crippen MR) is 82.0 cm³/mol. The second-order valence-electron chi connectivity index (χ2n) is 5.79. The lowest BCUT2D eigenvalue weighted by atomic mass is 10.2. The number of nitrogens with one attached hydrogen (secondary N) is 2. The molecule has 0 heterocycles. The number of hydrogen-bond donors (Lipinski definition) is 2. The molecule has 0 aliphatic rings. The number of ether oxygens (including phenoxy) is 1. The second-order valence-corrected chi connectivity index (χ2v) is 6.23. The van der Waals surface area contributed by atoms with Crippen molar-refractivity contribution in [2.24, 2.45) is 0 Å². The van der Waals surface area contributed by atoms with Crippen molar-refractivity contribution in [3.05, 3.63) is 34.9 Å². The first-order valence-corrected chi connectivity index (χ1v) is 7.09. The molecule has 1 amide bonds. The summed E-state index contributed by atoms with van der Waals surface area (Å²) in [4.78, 5) is 11.5. The molecule has 0 aromatic heterocycles. The van der Waals surface area contributed by atoms with Crippen LogP contribution in [0.5, 0.6) is 0 Å². The lowest BCUT2D eigenvalue weighted by Crippen LogP contribution is -2.40. The van der Waals surface area contributed by atoms with Crippen LogP contribution in [0.4, 0.5) is 4.79 Å². The summed E-state index contributed by atoms with van der Waals surface area (Å²) in [5.74, 6) is 0. The third-order valence-corrected chi connectivity index (χ3v) is 2.77. The molecule has 1 aromatic carbocycles. The standard InChI is InChI=1S/C15H23ClN2O2/c1-11(9-18-14(19)20-15(2,3)4)17-10-12-5-7-13(16)8-6-12/h5-8,11,17H,9-10H2,1-4H3,(H,18,19). The van der Waals surface area contributed by atoms with Crippen LogP contribution in [0.1, 0.15) is 33.3 Å². The molecule has 1 atom stereocenters. The molecule has 0 spiro atoms. The van der Waals surface area contributed by atoms with E-state index in [1.54, 1.807) is 0 Å². The van der Waals surface area contributed by atoms with E-state index in [0.29, 0.717) is 6.54 Å². The molecule has 5 heteroatoms. The van der Waals surface area contributed by atoms with Gasteiger partial charge in [0.25, 0.3) is 0 Å². The number of benzene rings is 1. The number of rotatable bonds is 5. The van der Waals surface area contributed by atoms with Gasteiger partial charge in [0.05, 0.1) is 0 Å². The van der Waals surface area contributed by atoms with E-state index in [2.05, 4.69) is 10.6 Å². The highest BCUT2D eigenvalue weighted by Crippen LogP contribution is 2.09. The Morgan fingerprint density at radius 1 is 1.30 bits per heavy atom. The van der Waals surface area contributed by atoms with Crippen LogP contribution in [-0.2, 0) is 11.3 Å². The molecule has 0 saturated heterocycles. The van der Waals surface area contributed by atoms with Crippen molar-refractivity contribution < 1.29 is 9.53 Å². The molecule has 1 rings (SSSR count). The van der Waals surface area contributed by atoms with Gasteiger partial charge in [-0.25, -0.2) is 4.79 Å². The van der Waals surface area contributed by atoms with Gasteiger partial charge in [0.1, 0.15) is 5.60 Å². The van der Waals surface area contributed by atoms with Gasteiger partial charge in [-0.1, -0.05) is 23.7 Å². The molecular weight excluding hydrogens is 276 g/mol. The van der Waals surface area contributed by atoms with Gasteiger partial charge in [0.2, 0.25) is 0 Å². The molecule has 2 N–H and O–H groups in total. The summed E-state index contributed by atoms with van der Waals surface area (Å²) >= 11 is 5.83. The van der Waals surface area contributed by atoms with E-state index in [9.17, 15) is 4.79 Å². The van der Waals surface area contributed by atoms with Crippen LogP contribution in [0.3, 0.4) is 0 Å². The van der Waals surface area contributed by atoms with E-state index < -0.39 is 11.7 Å². The van der Waals surface area contributed by atoms with Gasteiger partial charge in [-0.3, -0.25) is 0 Å². The highest BCUT2D eigenvalue weighted by Gasteiger charge is 2.16. The van der Waals surface area contributed by atoms with Gasteiger partial charge in [0.15, 0.2) is 0 Å². The summed E-state index contributed by atoms with van der Waals surface area (Å²) in [6.07, 6.45) is -0.391. The molecule has 0 aliphatic heterocycles. The number of carbonyl (C=O) groups is 1. The monoisotopic (exact) mass is 298 g/mol. The summed E-state index contributed by atoms with van der Waals surface area (Å²) < 4.78 is 5.17. The first-order chi connectivity index (χ1) is 9.26. The van der Waals surface area contributed by atoms with Crippen molar-refractivity contribution >= 4 is 17.7 Å². The summed E-state index contributed by atoms with van der Waals surface area (Å²) in [5.41, 5.74) is 0.683. The molecule has 112 valence electrons. The van der Waals surface area contributed by atoms with E-state index in [4.69, 9.17) is 16.3 Å². The zero-order valence-electron chi connectivity index (χ0n) is 12.5. The maximum absolute atomic E-state index is 11.5. The Labute approximate surface area is 125 Å². The van der Waals surface area contributed by atoms with Crippen LogP contribution in [0.15, 0.2) is 24.3 Å². The minimum absolute atomic E-state index is 0.151. The summed E-state index contributed by atoms with van der Waals surface area (Å²) in [6.45, 7) is 8.78. The fraction of sp³-hybridized carbons (Fsp3) is 0.533. The number of halogens is 1. The van der Waals surface area contributed by atoms with Crippen molar-refractivity contribution in [3.8, 4) is 0 Å². The van der Waals surface area contributed by atoms with Gasteiger partial charge in [-0.15, -0.1) is 0 Å². The zero-order valence-corrected chi connectivity index (χ0v) is 13.3. The third-order valence-electron chi connectivity index (χ3n) is 2.52. The normalized spacial score (nSPS) is 12.8. The zero-order chi connectivity index (χ0) is 15.2. The molecule has 0 fully saturated rings. The lowest BCUT2D eigenvalue weighted by Gasteiger charge is -2.21. The van der Waals surface area contributed by atoms with Crippen LogP contribution in [0.25, 0.3) is 0 Å². The highest BCUT2D eigenvalue weighted by molar-refractivity contribution is 6.30. The topological polar surface area (TPSA) is 50.4 Å². The quantitative estimate of drug-likeness (QED) is 0.876. The predicted octanol–water partition coefficient (Wildman–Crippen LogP) is 3.34. The Balaban J connectivity index is 2.25. The summed E-state index contributed by atoms with van der Waals surface area (Å²) in [7, 11) is 0. The third kappa shape index (κ3) is 7.36. The van der Waals surface area contributed by atoms with Crippen molar-refractivity contribution in [2.45, 2.75) is 45.9 Å². The van der Waals surface area contributed by atoms with Crippen LogP contribution < -0.4 is 10.6 Å². The molecule has 0 saturated carbocycles. The van der Waals surface area contributed by atoms with Crippen LogP contribution in [0.2, 0.25) is 5.02 Å². The van der Waals surface area contributed by atoms with E-state index in [1.807, 2.05) is 52.0 Å². The fourth-order valence-corrected chi connectivity index (χ4v) is 1.64. The summed E-state index contributed by atoms with van der Waals surface area (Å²) in [5, 5.41) is 6.79. The van der Waals surface area contributed by atoms with Gasteiger partial charge >= 0.3 is 6.09 Å². The first-order valence-electron chi connectivity index (χ1n) is 6.71. The highest BCUT2D eigenvalue weighted by atomic mass is 35.5. The van der Waals surface area contributed by atoms with Gasteiger partial charge in [-0.2, -0.15) is 0 Å². The largest absolute Gasteiger partial charge is 0.444 e. The van der Waals surface area contributed by atoms with Crippen LogP contribution in [0, 0.1) is 0 Å². The number of alkyl carbamates (subject to hydrolysis) is 1. The van der Waals surface area contributed by atoms with Crippen molar-refractivity contribution in [2.75, 3.05) is 6.54 Å². The van der Waals surface area contributed by atoms with E-state index >= 15 is 0 Å². The van der Waals surface area contributed by atoms with E-state index in [1.165, 1.54) is 0 Å². The Morgan fingerprint density at radius 2 is 1.90 bits per heavy atom. The molecule has 1 aromatic rings. The van der Waals surface area contributed by atoms with Crippen molar-refractivity contribution in [1.29, 1.82) is 0 Å². The smallest absolute Gasteiger partial charge is 0.407 e. The number of hydrogen-bond acceptors (Lipinski definition) is 3. The summed E-state index contributed by atoms with van der Waals surface area (Å²) in [6, 6.07) is 7.83. The van der Waals surface area contributed by atoms with Gasteiger partial charge in [-0.05, 0) is 45.4 Å². The molecule has 4 nitrogen and oxygen atoms in total. The number of amides is 1. The average Bonchev–Trinajstić information content (AvgIpc) is 2.33. The number of carbonyl (C=O) groups excluding carboxylic acids is 1. The molecule has 0 aliphatic carbocycles. The lowest BCUT2D eigenvalue weighted by molar-refractivity contribution is 0.0523. The Bertz CT molecular complexity index is 426. The Morgan fingerprint density at radius 3 is 2.45 bits per heavy atom. The molecule has 0 radical (unpaired) electrons. The molecule has 20 heavy (non-hydrogen) atoms. The van der Waals surface area contributed by atoms with E-state index in [-0.39, 0.29) is 6.04 Å². The van der Waals surface area contributed by atoms with Crippen molar-refractivity contribution in [3.63, 3.8) is 0 Å². The SMILES string of the molecule is CC(CNC(=O)OC(C)(C)C)NCc1ccc(Cl)cc1. The van der Waals surface area contributed by atoms with E-state index in [0.717, 1.165) is 17.1 Å². The molecule has 1 unspecified atom stereocenters. The second kappa shape index (κ2) is 7.50. The fourth-order valence-electron chi connectivity index (χ4n) is 1.52. The van der Waals surface area contributed by atoms with Gasteiger partial charge < -0.3 is 15.4 Å². The first kappa shape index (κ1) is 16.8. The average molecular weight is 299 g/mol. The maximum atomic E-state index is 11.5. The molecule has 0 bridgehead atoms. The molecular formula is C15H23ClN2O2. The Hall–Kier alpha value is -1.26. The minimum atomic E-state index is -0.468. The maximum Gasteiger partial charge on any atom is 0.407 e. The van der Waals surface area contributed by atoms with Gasteiger partial charge in [0, 0.05) is 24.2 Å². The van der Waals surface area contributed by atoms with Crippen LogP contribution in [-0.4, -0.2) is 24.3 Å². The Kier molecular flexibility index (Phi) is 6.30.